The summed E-state index contributed by atoms with van der Waals surface area (Å²) in [6.45, 7) is 5.70. The second-order valence-electron chi connectivity index (χ2n) is 10.4. The number of carbonyl (C=O) groups is 3. The van der Waals surface area contributed by atoms with Crippen LogP contribution in [0.3, 0.4) is 0 Å². The number of aromatic nitrogens is 1. The Kier molecular flexibility index (Phi) is 9.62. The zero-order valence-electron chi connectivity index (χ0n) is 23.2. The summed E-state index contributed by atoms with van der Waals surface area (Å²) in [6, 6.07) is 17.0. The first-order chi connectivity index (χ1) is 20.4. The van der Waals surface area contributed by atoms with Crippen molar-refractivity contribution in [1.82, 2.24) is 14.8 Å². The van der Waals surface area contributed by atoms with Gasteiger partial charge in [-0.25, -0.2) is 14.6 Å². The number of piperidine rings is 1. The van der Waals surface area contributed by atoms with Gasteiger partial charge in [-0.2, -0.15) is 0 Å². The standard InChI is InChI=1S/C31H34N4O7/c36-29(24-3-1-22(2-4-24)20-34-15-17-40-18-16-34)33-28-10-9-27(19-32-28)42-31(39)35-13-11-23(12-14-35)21-41-26-7-5-25(6-8-26)30(37)38/h1-10,19,23H,11-18,20-21H2,(H,37,38)(H,32,33,36). The fourth-order valence-electron chi connectivity index (χ4n) is 4.84. The van der Waals surface area contributed by atoms with Crippen LogP contribution in [-0.4, -0.2) is 83.9 Å². The highest BCUT2D eigenvalue weighted by Gasteiger charge is 2.25. The molecular weight excluding hydrogens is 540 g/mol. The second-order valence-corrected chi connectivity index (χ2v) is 10.4. The molecule has 5 rings (SSSR count). The number of pyridine rings is 1. The second kappa shape index (κ2) is 13.9. The van der Waals surface area contributed by atoms with Crippen LogP contribution < -0.4 is 14.8 Å². The molecule has 11 heteroatoms. The topological polar surface area (TPSA) is 131 Å². The molecule has 0 spiro atoms. The van der Waals surface area contributed by atoms with Crippen LogP contribution in [-0.2, 0) is 11.3 Å². The van der Waals surface area contributed by atoms with Gasteiger partial charge in [-0.05, 0) is 72.9 Å². The van der Waals surface area contributed by atoms with Gasteiger partial charge in [0.25, 0.3) is 5.91 Å². The lowest BCUT2D eigenvalue weighted by Crippen LogP contribution is -2.41. The van der Waals surface area contributed by atoms with Gasteiger partial charge in [0.1, 0.15) is 11.6 Å². The highest BCUT2D eigenvalue weighted by molar-refractivity contribution is 6.03. The van der Waals surface area contributed by atoms with Gasteiger partial charge in [0.15, 0.2) is 5.75 Å². The van der Waals surface area contributed by atoms with Crippen molar-refractivity contribution in [2.75, 3.05) is 51.3 Å². The van der Waals surface area contributed by atoms with Crippen LogP contribution in [0.25, 0.3) is 0 Å². The molecule has 2 saturated heterocycles. The minimum atomic E-state index is -0.976. The Morgan fingerprint density at radius 1 is 0.881 bits per heavy atom. The molecule has 2 aromatic carbocycles. The first kappa shape index (κ1) is 29.0. The van der Waals surface area contributed by atoms with Crippen LogP contribution in [0, 0.1) is 5.92 Å². The van der Waals surface area contributed by atoms with Gasteiger partial charge in [0.2, 0.25) is 0 Å². The molecule has 2 amide bonds. The van der Waals surface area contributed by atoms with Crippen LogP contribution >= 0.6 is 0 Å². The Labute approximate surface area is 244 Å². The summed E-state index contributed by atoms with van der Waals surface area (Å²) in [5, 5.41) is 11.8. The van der Waals surface area contributed by atoms with E-state index in [9.17, 15) is 14.4 Å². The Bertz CT molecular complexity index is 1350. The minimum absolute atomic E-state index is 0.213. The third-order valence-corrected chi connectivity index (χ3v) is 7.37. The third-order valence-electron chi connectivity index (χ3n) is 7.37. The van der Waals surface area contributed by atoms with E-state index < -0.39 is 12.1 Å². The molecule has 3 heterocycles. The molecule has 0 atom stereocenters. The fourth-order valence-corrected chi connectivity index (χ4v) is 4.84. The van der Waals surface area contributed by atoms with Gasteiger partial charge in [-0.3, -0.25) is 9.69 Å². The number of aromatic carboxylic acids is 1. The Balaban J connectivity index is 1.03. The molecule has 3 aromatic rings. The molecule has 2 aliphatic heterocycles. The maximum absolute atomic E-state index is 12.7. The lowest BCUT2D eigenvalue weighted by molar-refractivity contribution is 0.0342. The zero-order chi connectivity index (χ0) is 29.3. The third kappa shape index (κ3) is 8.05. The molecule has 0 aliphatic carbocycles. The van der Waals surface area contributed by atoms with E-state index in [2.05, 4.69) is 15.2 Å². The number of hydrogen-bond acceptors (Lipinski definition) is 8. The zero-order valence-corrected chi connectivity index (χ0v) is 23.2. The number of carboxylic acid groups (broad SMARTS) is 1. The van der Waals surface area contributed by atoms with Crippen molar-refractivity contribution in [1.29, 1.82) is 0 Å². The van der Waals surface area contributed by atoms with E-state index in [-0.39, 0.29) is 17.4 Å². The Hall–Kier alpha value is -4.48. The molecule has 11 nitrogen and oxygen atoms in total. The van der Waals surface area contributed by atoms with Crippen LogP contribution in [0.1, 0.15) is 39.1 Å². The Morgan fingerprint density at radius 2 is 1.55 bits per heavy atom. The average molecular weight is 575 g/mol. The quantitative estimate of drug-likeness (QED) is 0.387. The molecule has 42 heavy (non-hydrogen) atoms. The van der Waals surface area contributed by atoms with Gasteiger partial charge in [-0.1, -0.05) is 12.1 Å². The SMILES string of the molecule is O=C(O)c1ccc(OCC2CCN(C(=O)Oc3ccc(NC(=O)c4ccc(CN5CCOCC5)cc4)nc3)CC2)cc1. The van der Waals surface area contributed by atoms with Gasteiger partial charge in [0, 0.05) is 38.3 Å². The molecule has 2 N–H and O–H groups in total. The van der Waals surface area contributed by atoms with E-state index in [1.807, 2.05) is 12.1 Å². The van der Waals surface area contributed by atoms with Crippen molar-refractivity contribution in [3.63, 3.8) is 0 Å². The van der Waals surface area contributed by atoms with Crippen LogP contribution in [0.4, 0.5) is 10.6 Å². The van der Waals surface area contributed by atoms with E-state index in [1.54, 1.807) is 41.3 Å². The molecule has 220 valence electrons. The maximum Gasteiger partial charge on any atom is 0.415 e. The van der Waals surface area contributed by atoms with Crippen LogP contribution in [0.15, 0.2) is 66.9 Å². The monoisotopic (exact) mass is 574 g/mol. The van der Waals surface area contributed by atoms with Gasteiger partial charge in [0.05, 0.1) is 31.6 Å². The smallest absolute Gasteiger partial charge is 0.415 e. The number of rotatable bonds is 9. The van der Waals surface area contributed by atoms with Gasteiger partial charge >= 0.3 is 12.1 Å². The number of anilines is 1. The summed E-state index contributed by atoms with van der Waals surface area (Å²) < 4.78 is 16.7. The summed E-state index contributed by atoms with van der Waals surface area (Å²) in [5.41, 5.74) is 1.88. The fraction of sp³-hybridized carbons (Fsp3) is 0.355. The summed E-state index contributed by atoms with van der Waals surface area (Å²) in [4.78, 5) is 44.5. The molecular formula is C31H34N4O7. The van der Waals surface area contributed by atoms with Crippen molar-refractivity contribution in [3.8, 4) is 11.5 Å². The largest absolute Gasteiger partial charge is 0.493 e. The number of ether oxygens (including phenoxy) is 3. The lowest BCUT2D eigenvalue weighted by Gasteiger charge is -2.31. The number of nitrogens with one attached hydrogen (secondary N) is 1. The first-order valence-corrected chi connectivity index (χ1v) is 14.0. The van der Waals surface area contributed by atoms with E-state index in [0.29, 0.717) is 42.6 Å². The molecule has 2 aliphatic rings. The first-order valence-electron chi connectivity index (χ1n) is 14.0. The van der Waals surface area contributed by atoms with E-state index in [1.165, 1.54) is 18.3 Å². The van der Waals surface area contributed by atoms with Gasteiger partial charge in [-0.15, -0.1) is 0 Å². The van der Waals surface area contributed by atoms with Crippen LogP contribution in [0.2, 0.25) is 0 Å². The molecule has 1 aromatic heterocycles. The summed E-state index contributed by atoms with van der Waals surface area (Å²) in [5.74, 6) is 0.298. The van der Waals surface area contributed by atoms with Crippen molar-refractivity contribution in [2.45, 2.75) is 19.4 Å². The average Bonchev–Trinajstić information content (AvgIpc) is 3.02. The number of likely N-dealkylation sites (tertiary alicyclic amines) is 1. The lowest BCUT2D eigenvalue weighted by atomic mass is 9.98. The van der Waals surface area contributed by atoms with Crippen molar-refractivity contribution in [2.24, 2.45) is 5.92 Å². The van der Waals surface area contributed by atoms with E-state index in [4.69, 9.17) is 19.3 Å². The predicted molar refractivity (Wildman–Crippen MR) is 154 cm³/mol. The maximum atomic E-state index is 12.7. The van der Waals surface area contributed by atoms with E-state index in [0.717, 1.165) is 51.3 Å². The van der Waals surface area contributed by atoms with Crippen molar-refractivity contribution in [3.05, 3.63) is 83.6 Å². The predicted octanol–water partition coefficient (Wildman–Crippen LogP) is 4.15. The van der Waals surface area contributed by atoms with Crippen molar-refractivity contribution >= 4 is 23.8 Å². The highest BCUT2D eigenvalue weighted by atomic mass is 16.6. The molecule has 0 unspecified atom stereocenters. The minimum Gasteiger partial charge on any atom is -0.493 e. The van der Waals surface area contributed by atoms with Crippen LogP contribution in [0.5, 0.6) is 11.5 Å². The molecule has 0 radical (unpaired) electrons. The van der Waals surface area contributed by atoms with Crippen molar-refractivity contribution < 1.29 is 33.7 Å². The number of carbonyl (C=O) groups excluding carboxylic acids is 2. The van der Waals surface area contributed by atoms with E-state index >= 15 is 0 Å². The number of carboxylic acids is 1. The molecule has 2 fully saturated rings. The number of amides is 2. The van der Waals surface area contributed by atoms with Gasteiger partial charge < -0.3 is 29.5 Å². The highest BCUT2D eigenvalue weighted by Crippen LogP contribution is 2.22. The normalized spacial score (nSPS) is 16.0. The Morgan fingerprint density at radius 3 is 2.19 bits per heavy atom. The molecule has 0 saturated carbocycles. The summed E-state index contributed by atoms with van der Waals surface area (Å²) in [6.07, 6.45) is 2.49. The number of hydrogen-bond donors (Lipinski definition) is 2. The summed E-state index contributed by atoms with van der Waals surface area (Å²) in [7, 11) is 0. The molecule has 0 bridgehead atoms. The summed E-state index contributed by atoms with van der Waals surface area (Å²) >= 11 is 0. The number of morpholine rings is 1. The number of nitrogens with zero attached hydrogens (tertiary/aromatic N) is 3. The number of benzene rings is 2.